The predicted octanol–water partition coefficient (Wildman–Crippen LogP) is 2.33. The first-order chi connectivity index (χ1) is 13.8. The molecule has 3 amide bonds. The average molecular weight is 421 g/mol. The number of imide groups is 1. The van der Waals surface area contributed by atoms with Crippen LogP contribution in [0.5, 0.6) is 5.75 Å². The Morgan fingerprint density at radius 1 is 1.31 bits per heavy atom. The number of amides is 3. The second kappa shape index (κ2) is 10.7. The van der Waals surface area contributed by atoms with Gasteiger partial charge in [0.2, 0.25) is 11.1 Å². The lowest BCUT2D eigenvalue weighted by atomic mass is 10.0. The van der Waals surface area contributed by atoms with E-state index in [1.807, 2.05) is 19.9 Å². The Labute approximate surface area is 174 Å². The van der Waals surface area contributed by atoms with Crippen LogP contribution in [0.15, 0.2) is 23.4 Å². The van der Waals surface area contributed by atoms with Crippen molar-refractivity contribution in [2.24, 2.45) is 0 Å². The topological polar surface area (TPSA) is 124 Å². The van der Waals surface area contributed by atoms with Crippen LogP contribution in [0.3, 0.4) is 0 Å². The molecular weight excluding hydrogens is 392 g/mol. The van der Waals surface area contributed by atoms with Crippen molar-refractivity contribution in [3.8, 4) is 5.75 Å². The maximum atomic E-state index is 11.8. The molecule has 10 heteroatoms. The first-order valence-electron chi connectivity index (χ1n) is 9.45. The number of aromatic nitrogens is 3. The molecule has 158 valence electrons. The summed E-state index contributed by atoms with van der Waals surface area (Å²) in [6.45, 7) is 8.79. The summed E-state index contributed by atoms with van der Waals surface area (Å²) in [6.07, 6.45) is 0.790. The fraction of sp³-hybridized carbons (Fsp3) is 0.474. The number of nitrogens with zero attached hydrogens (tertiary/aromatic N) is 3. The average Bonchev–Trinajstić information content (AvgIpc) is 3.02. The van der Waals surface area contributed by atoms with Gasteiger partial charge in [-0.15, -0.1) is 10.2 Å². The van der Waals surface area contributed by atoms with Crippen molar-refractivity contribution in [2.75, 3.05) is 18.1 Å². The third-order valence-corrected chi connectivity index (χ3v) is 4.95. The predicted molar refractivity (Wildman–Crippen MR) is 112 cm³/mol. The molecule has 4 N–H and O–H groups in total. The van der Waals surface area contributed by atoms with E-state index in [0.717, 1.165) is 35.1 Å². The SMILES string of the molecule is CCCNC(=O)NC(=O)CSc1nnc(COc2cc(C)ccc2C(C)C)n1N. The number of hydrogen-bond donors (Lipinski definition) is 3. The zero-order valence-electron chi connectivity index (χ0n) is 17.2. The highest BCUT2D eigenvalue weighted by molar-refractivity contribution is 7.99. The van der Waals surface area contributed by atoms with Gasteiger partial charge < -0.3 is 15.9 Å². The quantitative estimate of drug-likeness (QED) is 0.420. The number of carbonyl (C=O) groups is 2. The third kappa shape index (κ3) is 6.67. The van der Waals surface area contributed by atoms with Crippen LogP contribution in [0.25, 0.3) is 0 Å². The number of rotatable bonds is 9. The minimum atomic E-state index is -0.514. The lowest BCUT2D eigenvalue weighted by Gasteiger charge is -2.14. The molecule has 9 nitrogen and oxygen atoms in total. The van der Waals surface area contributed by atoms with Gasteiger partial charge in [-0.2, -0.15) is 0 Å². The molecule has 0 fully saturated rings. The molecule has 0 aliphatic rings. The summed E-state index contributed by atoms with van der Waals surface area (Å²) < 4.78 is 7.22. The van der Waals surface area contributed by atoms with E-state index in [1.54, 1.807) is 0 Å². The van der Waals surface area contributed by atoms with E-state index in [0.29, 0.717) is 23.4 Å². The number of nitrogen functional groups attached to an aromatic ring is 1. The highest BCUT2D eigenvalue weighted by Gasteiger charge is 2.15. The zero-order valence-corrected chi connectivity index (χ0v) is 18.0. The Morgan fingerprint density at radius 2 is 2.07 bits per heavy atom. The van der Waals surface area contributed by atoms with Crippen molar-refractivity contribution in [3.05, 3.63) is 35.2 Å². The lowest BCUT2D eigenvalue weighted by Crippen LogP contribution is -2.40. The van der Waals surface area contributed by atoms with Crippen molar-refractivity contribution >= 4 is 23.7 Å². The molecule has 0 spiro atoms. The van der Waals surface area contributed by atoms with Gasteiger partial charge in [-0.1, -0.05) is 44.7 Å². The molecule has 0 unspecified atom stereocenters. The van der Waals surface area contributed by atoms with Gasteiger partial charge in [-0.3, -0.25) is 10.1 Å². The van der Waals surface area contributed by atoms with Crippen LogP contribution in [0, 0.1) is 6.92 Å². The number of aryl methyl sites for hydroxylation is 1. The van der Waals surface area contributed by atoms with Crippen LogP contribution < -0.4 is 21.2 Å². The molecule has 0 aliphatic heterocycles. The first kappa shape index (κ1) is 22.5. The Morgan fingerprint density at radius 3 is 2.76 bits per heavy atom. The van der Waals surface area contributed by atoms with Gasteiger partial charge in [0.05, 0.1) is 5.75 Å². The summed E-state index contributed by atoms with van der Waals surface area (Å²) in [4.78, 5) is 23.3. The monoisotopic (exact) mass is 420 g/mol. The molecule has 29 heavy (non-hydrogen) atoms. The fourth-order valence-electron chi connectivity index (χ4n) is 2.47. The van der Waals surface area contributed by atoms with E-state index in [-0.39, 0.29) is 12.4 Å². The maximum Gasteiger partial charge on any atom is 0.321 e. The Balaban J connectivity index is 1.92. The van der Waals surface area contributed by atoms with Gasteiger partial charge in [0.1, 0.15) is 12.4 Å². The van der Waals surface area contributed by atoms with Crippen molar-refractivity contribution in [3.63, 3.8) is 0 Å². The summed E-state index contributed by atoms with van der Waals surface area (Å²) in [5.41, 5.74) is 2.20. The number of carbonyl (C=O) groups excluding carboxylic acids is 2. The Hall–Kier alpha value is -2.75. The molecule has 0 saturated heterocycles. The second-order valence-electron chi connectivity index (χ2n) is 6.85. The van der Waals surface area contributed by atoms with Gasteiger partial charge in [-0.25, -0.2) is 9.47 Å². The molecule has 2 rings (SSSR count). The molecule has 0 bridgehead atoms. The first-order valence-corrected chi connectivity index (χ1v) is 10.4. The summed E-state index contributed by atoms with van der Waals surface area (Å²) >= 11 is 1.09. The van der Waals surface area contributed by atoms with Crippen molar-refractivity contribution in [1.82, 2.24) is 25.5 Å². The highest BCUT2D eigenvalue weighted by atomic mass is 32.2. The second-order valence-corrected chi connectivity index (χ2v) is 7.79. The van der Waals surface area contributed by atoms with E-state index in [4.69, 9.17) is 10.6 Å². The van der Waals surface area contributed by atoms with Gasteiger partial charge >= 0.3 is 6.03 Å². The number of ether oxygens (including phenoxy) is 1. The van der Waals surface area contributed by atoms with E-state index in [1.165, 1.54) is 4.68 Å². The standard InChI is InChI=1S/C19H28N6O3S/c1-5-8-21-18(27)22-17(26)11-29-19-24-23-16(25(19)20)10-28-15-9-13(4)6-7-14(15)12(2)3/h6-7,9,12H,5,8,10-11,20H2,1-4H3,(H2,21,22,26,27). The molecule has 1 aromatic carbocycles. The Bertz CT molecular complexity index is 852. The summed E-state index contributed by atoms with van der Waals surface area (Å²) in [6, 6.07) is 5.57. The number of nitrogens with one attached hydrogen (secondary N) is 2. The number of thioether (sulfide) groups is 1. The molecule has 1 heterocycles. The number of benzene rings is 1. The minimum absolute atomic E-state index is 0.00882. The van der Waals surface area contributed by atoms with Crippen LogP contribution in [-0.4, -0.2) is 39.1 Å². The third-order valence-electron chi connectivity index (χ3n) is 4.00. The number of hydrogen-bond acceptors (Lipinski definition) is 7. The zero-order chi connectivity index (χ0) is 21.4. The fourth-order valence-corrected chi connectivity index (χ4v) is 3.14. The van der Waals surface area contributed by atoms with E-state index in [2.05, 4.69) is 46.8 Å². The molecule has 0 aliphatic carbocycles. The number of urea groups is 1. The van der Waals surface area contributed by atoms with E-state index < -0.39 is 11.9 Å². The van der Waals surface area contributed by atoms with Crippen LogP contribution in [0.4, 0.5) is 4.79 Å². The summed E-state index contributed by atoms with van der Waals surface area (Å²) in [5, 5.41) is 13.2. The van der Waals surface area contributed by atoms with Crippen molar-refractivity contribution < 1.29 is 14.3 Å². The van der Waals surface area contributed by atoms with Gasteiger partial charge in [0, 0.05) is 6.54 Å². The normalized spacial score (nSPS) is 10.8. The van der Waals surface area contributed by atoms with E-state index in [9.17, 15) is 9.59 Å². The van der Waals surface area contributed by atoms with Crippen molar-refractivity contribution in [2.45, 2.75) is 51.8 Å². The van der Waals surface area contributed by atoms with Crippen LogP contribution in [0.1, 0.15) is 50.1 Å². The van der Waals surface area contributed by atoms with Crippen LogP contribution >= 0.6 is 11.8 Å². The van der Waals surface area contributed by atoms with Gasteiger partial charge in [-0.05, 0) is 36.5 Å². The molecular formula is C19H28N6O3S. The number of nitrogens with two attached hydrogens (primary N) is 1. The van der Waals surface area contributed by atoms with Crippen LogP contribution in [-0.2, 0) is 11.4 Å². The Kier molecular flexibility index (Phi) is 8.32. The summed E-state index contributed by atoms with van der Waals surface area (Å²) in [7, 11) is 0. The summed E-state index contributed by atoms with van der Waals surface area (Å²) in [5.74, 6) is 7.12. The van der Waals surface area contributed by atoms with Crippen molar-refractivity contribution in [1.29, 1.82) is 0 Å². The maximum absolute atomic E-state index is 11.8. The molecule has 2 aromatic rings. The molecule has 0 radical (unpaired) electrons. The van der Waals surface area contributed by atoms with E-state index >= 15 is 0 Å². The minimum Gasteiger partial charge on any atom is -0.485 e. The van der Waals surface area contributed by atoms with Crippen LogP contribution in [0.2, 0.25) is 0 Å². The lowest BCUT2D eigenvalue weighted by molar-refractivity contribution is -0.117. The van der Waals surface area contributed by atoms with Gasteiger partial charge in [0.15, 0.2) is 5.82 Å². The molecule has 0 saturated carbocycles. The largest absolute Gasteiger partial charge is 0.485 e. The molecule has 1 aromatic heterocycles. The molecule has 0 atom stereocenters. The van der Waals surface area contributed by atoms with Gasteiger partial charge in [0.25, 0.3) is 0 Å². The highest BCUT2D eigenvalue weighted by Crippen LogP contribution is 2.28. The smallest absolute Gasteiger partial charge is 0.321 e.